The standard InChI is InChI=1S/C23H25N3O5/c1-2-30-23(29)16-6-9-20-19(13-16)26(10-11-31-20)14-21(27)24-18-5-3-4-15(12-18)22(28)25-17-7-8-17/h3-6,9,12-13,17H,2,7-8,10-11,14H2,1H3,(H,24,27)(H,25,28). The highest BCUT2D eigenvalue weighted by molar-refractivity contribution is 5.99. The van der Waals surface area contributed by atoms with E-state index >= 15 is 0 Å². The number of benzene rings is 2. The number of ether oxygens (including phenoxy) is 2. The molecule has 8 nitrogen and oxygen atoms in total. The average Bonchev–Trinajstić information content (AvgIpc) is 3.58. The van der Waals surface area contributed by atoms with Crippen LogP contribution in [-0.2, 0) is 9.53 Å². The molecule has 0 bridgehead atoms. The minimum absolute atomic E-state index is 0.0845. The zero-order chi connectivity index (χ0) is 21.8. The van der Waals surface area contributed by atoms with Gasteiger partial charge in [-0.3, -0.25) is 9.59 Å². The maximum absolute atomic E-state index is 12.7. The molecular weight excluding hydrogens is 398 g/mol. The van der Waals surface area contributed by atoms with Gasteiger partial charge in [-0.2, -0.15) is 0 Å². The Hall–Kier alpha value is -3.55. The molecule has 1 aliphatic carbocycles. The molecule has 1 saturated carbocycles. The number of rotatable bonds is 7. The Morgan fingerprint density at radius 1 is 1.13 bits per heavy atom. The van der Waals surface area contributed by atoms with Crippen LogP contribution in [0.5, 0.6) is 5.75 Å². The van der Waals surface area contributed by atoms with Crippen LogP contribution in [0, 0.1) is 0 Å². The van der Waals surface area contributed by atoms with Crippen molar-refractivity contribution in [2.45, 2.75) is 25.8 Å². The van der Waals surface area contributed by atoms with Crippen molar-refractivity contribution in [1.82, 2.24) is 5.32 Å². The lowest BCUT2D eigenvalue weighted by atomic mass is 10.1. The molecule has 31 heavy (non-hydrogen) atoms. The number of fused-ring (bicyclic) bond motifs is 1. The van der Waals surface area contributed by atoms with Gasteiger partial charge in [0.2, 0.25) is 5.91 Å². The summed E-state index contributed by atoms with van der Waals surface area (Å²) in [6.07, 6.45) is 2.03. The Morgan fingerprint density at radius 3 is 2.74 bits per heavy atom. The largest absolute Gasteiger partial charge is 0.490 e. The van der Waals surface area contributed by atoms with E-state index in [1.807, 2.05) is 4.90 Å². The van der Waals surface area contributed by atoms with Gasteiger partial charge in [0.1, 0.15) is 12.4 Å². The van der Waals surface area contributed by atoms with Crippen molar-refractivity contribution in [1.29, 1.82) is 0 Å². The van der Waals surface area contributed by atoms with Crippen molar-refractivity contribution < 1.29 is 23.9 Å². The molecule has 2 aliphatic rings. The maximum Gasteiger partial charge on any atom is 0.338 e. The average molecular weight is 423 g/mol. The van der Waals surface area contributed by atoms with Gasteiger partial charge in [-0.25, -0.2) is 4.79 Å². The summed E-state index contributed by atoms with van der Waals surface area (Å²) in [4.78, 5) is 38.9. The Bertz CT molecular complexity index is 1000. The predicted octanol–water partition coefficient (Wildman–Crippen LogP) is 2.59. The number of amides is 2. The molecule has 2 N–H and O–H groups in total. The first-order chi connectivity index (χ1) is 15.0. The number of carbonyl (C=O) groups is 3. The number of esters is 1. The molecule has 0 unspecified atom stereocenters. The molecule has 1 aliphatic heterocycles. The molecule has 0 atom stereocenters. The number of anilines is 2. The van der Waals surface area contributed by atoms with Gasteiger partial charge >= 0.3 is 5.97 Å². The lowest BCUT2D eigenvalue weighted by molar-refractivity contribution is -0.115. The quantitative estimate of drug-likeness (QED) is 0.665. The van der Waals surface area contributed by atoms with E-state index in [2.05, 4.69) is 10.6 Å². The van der Waals surface area contributed by atoms with E-state index in [4.69, 9.17) is 9.47 Å². The summed E-state index contributed by atoms with van der Waals surface area (Å²) < 4.78 is 10.7. The first-order valence-electron chi connectivity index (χ1n) is 10.4. The van der Waals surface area contributed by atoms with Crippen LogP contribution < -0.4 is 20.3 Å². The van der Waals surface area contributed by atoms with E-state index in [9.17, 15) is 14.4 Å². The number of nitrogens with zero attached hydrogens (tertiary/aromatic N) is 1. The van der Waals surface area contributed by atoms with Crippen LogP contribution in [0.4, 0.5) is 11.4 Å². The normalized spacial score (nSPS) is 14.8. The summed E-state index contributed by atoms with van der Waals surface area (Å²) in [5.74, 6) is -0.159. The SMILES string of the molecule is CCOC(=O)c1ccc2c(c1)N(CC(=O)Nc1cccc(C(=O)NC3CC3)c1)CCO2. The van der Waals surface area contributed by atoms with Crippen LogP contribution in [0.15, 0.2) is 42.5 Å². The second-order valence-corrected chi connectivity index (χ2v) is 7.55. The van der Waals surface area contributed by atoms with Gasteiger partial charge in [0.15, 0.2) is 0 Å². The summed E-state index contributed by atoms with van der Waals surface area (Å²) in [5.41, 5.74) is 2.15. The molecule has 0 aromatic heterocycles. The second kappa shape index (κ2) is 9.07. The Morgan fingerprint density at radius 2 is 1.97 bits per heavy atom. The summed E-state index contributed by atoms with van der Waals surface area (Å²) in [7, 11) is 0. The molecule has 0 saturated heterocycles. The number of nitrogens with one attached hydrogen (secondary N) is 2. The van der Waals surface area contributed by atoms with Gasteiger partial charge in [0.05, 0.1) is 30.9 Å². The highest BCUT2D eigenvalue weighted by atomic mass is 16.5. The van der Waals surface area contributed by atoms with Crippen molar-refractivity contribution in [2.24, 2.45) is 0 Å². The van der Waals surface area contributed by atoms with Gasteiger partial charge in [0.25, 0.3) is 5.91 Å². The third-order valence-electron chi connectivity index (χ3n) is 5.09. The van der Waals surface area contributed by atoms with Gasteiger partial charge < -0.3 is 25.0 Å². The number of hydrogen-bond acceptors (Lipinski definition) is 6. The fourth-order valence-corrected chi connectivity index (χ4v) is 3.39. The third kappa shape index (κ3) is 5.14. The summed E-state index contributed by atoms with van der Waals surface area (Å²) >= 11 is 0. The van der Waals surface area contributed by atoms with Gasteiger partial charge in [-0.1, -0.05) is 6.07 Å². The highest BCUT2D eigenvalue weighted by Crippen LogP contribution is 2.32. The fourth-order valence-electron chi connectivity index (χ4n) is 3.39. The molecule has 2 amide bonds. The van der Waals surface area contributed by atoms with Crippen LogP contribution in [0.2, 0.25) is 0 Å². The first kappa shape index (κ1) is 20.7. The summed E-state index contributed by atoms with van der Waals surface area (Å²) in [6.45, 7) is 3.07. The Labute approximate surface area is 180 Å². The second-order valence-electron chi connectivity index (χ2n) is 7.55. The molecule has 4 rings (SSSR count). The monoisotopic (exact) mass is 423 g/mol. The molecule has 0 radical (unpaired) electrons. The molecule has 1 heterocycles. The minimum atomic E-state index is -0.415. The van der Waals surface area contributed by atoms with Crippen LogP contribution in [0.25, 0.3) is 0 Å². The zero-order valence-corrected chi connectivity index (χ0v) is 17.3. The number of carbonyl (C=O) groups excluding carboxylic acids is 3. The van der Waals surface area contributed by atoms with Crippen LogP contribution in [-0.4, -0.2) is 50.1 Å². The van der Waals surface area contributed by atoms with Gasteiger partial charge in [-0.15, -0.1) is 0 Å². The smallest absolute Gasteiger partial charge is 0.338 e. The number of hydrogen-bond donors (Lipinski definition) is 2. The zero-order valence-electron chi connectivity index (χ0n) is 17.3. The van der Waals surface area contributed by atoms with Crippen LogP contribution >= 0.6 is 0 Å². The van der Waals surface area contributed by atoms with Crippen molar-refractivity contribution in [2.75, 3.05) is 36.5 Å². The van der Waals surface area contributed by atoms with Crippen LogP contribution in [0.3, 0.4) is 0 Å². The van der Waals surface area contributed by atoms with Crippen molar-refractivity contribution in [3.05, 3.63) is 53.6 Å². The molecule has 0 spiro atoms. The molecule has 1 fully saturated rings. The van der Waals surface area contributed by atoms with E-state index in [1.54, 1.807) is 49.4 Å². The third-order valence-corrected chi connectivity index (χ3v) is 5.09. The molecular formula is C23H25N3O5. The van der Waals surface area contributed by atoms with E-state index in [-0.39, 0.29) is 31.0 Å². The van der Waals surface area contributed by atoms with E-state index in [0.717, 1.165) is 12.8 Å². The van der Waals surface area contributed by atoms with E-state index in [1.165, 1.54) is 0 Å². The van der Waals surface area contributed by atoms with E-state index < -0.39 is 5.97 Å². The Balaban J connectivity index is 1.43. The topological polar surface area (TPSA) is 97.0 Å². The predicted molar refractivity (Wildman–Crippen MR) is 116 cm³/mol. The van der Waals surface area contributed by atoms with Crippen LogP contribution in [0.1, 0.15) is 40.5 Å². The summed E-state index contributed by atoms with van der Waals surface area (Å²) in [5, 5.41) is 5.79. The first-order valence-corrected chi connectivity index (χ1v) is 10.4. The lowest BCUT2D eigenvalue weighted by Crippen LogP contribution is -2.39. The molecule has 8 heteroatoms. The van der Waals surface area contributed by atoms with Crippen molar-refractivity contribution in [3.8, 4) is 5.75 Å². The fraction of sp³-hybridized carbons (Fsp3) is 0.348. The summed E-state index contributed by atoms with van der Waals surface area (Å²) in [6, 6.07) is 12.2. The lowest BCUT2D eigenvalue weighted by Gasteiger charge is -2.31. The van der Waals surface area contributed by atoms with Gasteiger partial charge in [0, 0.05) is 17.3 Å². The van der Waals surface area contributed by atoms with Crippen molar-refractivity contribution >= 4 is 29.2 Å². The molecule has 2 aromatic carbocycles. The van der Waals surface area contributed by atoms with E-state index in [0.29, 0.717) is 41.4 Å². The Kier molecular flexibility index (Phi) is 6.06. The van der Waals surface area contributed by atoms with Gasteiger partial charge in [-0.05, 0) is 56.2 Å². The minimum Gasteiger partial charge on any atom is -0.490 e. The van der Waals surface area contributed by atoms with Crippen molar-refractivity contribution in [3.63, 3.8) is 0 Å². The molecule has 162 valence electrons. The molecule has 2 aromatic rings. The maximum atomic E-state index is 12.7. The highest BCUT2D eigenvalue weighted by Gasteiger charge is 2.24.